The molecule has 3 nitrogen and oxygen atoms in total. The molecule has 1 aliphatic heterocycles. The maximum absolute atomic E-state index is 5.66. The zero-order valence-corrected chi connectivity index (χ0v) is 9.85. The van der Waals surface area contributed by atoms with Gasteiger partial charge in [0.1, 0.15) is 12.4 Å². The Kier molecular flexibility index (Phi) is 4.19. The van der Waals surface area contributed by atoms with Crippen LogP contribution in [0.25, 0.3) is 0 Å². The minimum absolute atomic E-state index is 0.772. The van der Waals surface area contributed by atoms with E-state index >= 15 is 0 Å². The molecule has 1 radical (unpaired) electrons. The van der Waals surface area contributed by atoms with Crippen molar-refractivity contribution in [1.29, 1.82) is 0 Å². The summed E-state index contributed by atoms with van der Waals surface area (Å²) in [5.74, 6) is 0.938. The summed E-state index contributed by atoms with van der Waals surface area (Å²) in [6.07, 6.45) is 0. The molecule has 1 aromatic rings. The van der Waals surface area contributed by atoms with E-state index in [2.05, 4.69) is 22.9 Å². The third-order valence-corrected chi connectivity index (χ3v) is 2.96. The Morgan fingerprint density at radius 2 is 1.88 bits per heavy atom. The van der Waals surface area contributed by atoms with E-state index in [1.807, 2.05) is 24.3 Å². The third-order valence-electron chi connectivity index (χ3n) is 2.96. The SMILES string of the molecule is CN1CCN(CCOc2cc[c]cc2)CC1. The van der Waals surface area contributed by atoms with Gasteiger partial charge in [-0.15, -0.1) is 0 Å². The number of piperazine rings is 1. The normalized spacial score (nSPS) is 18.6. The van der Waals surface area contributed by atoms with E-state index in [4.69, 9.17) is 4.74 Å². The highest BCUT2D eigenvalue weighted by Crippen LogP contribution is 2.08. The summed E-state index contributed by atoms with van der Waals surface area (Å²) in [5, 5.41) is 0. The van der Waals surface area contributed by atoms with Crippen molar-refractivity contribution < 1.29 is 4.74 Å². The van der Waals surface area contributed by atoms with Crippen LogP contribution in [0.1, 0.15) is 0 Å². The predicted octanol–water partition coefficient (Wildman–Crippen LogP) is 1.11. The molecule has 1 aromatic carbocycles. The minimum atomic E-state index is 0.772. The lowest BCUT2D eigenvalue weighted by Gasteiger charge is -2.32. The molecule has 1 fully saturated rings. The molecule has 1 heterocycles. The first-order chi connectivity index (χ1) is 7.84. The number of hydrogen-bond acceptors (Lipinski definition) is 3. The van der Waals surface area contributed by atoms with E-state index in [1.54, 1.807) is 0 Å². The lowest BCUT2D eigenvalue weighted by Crippen LogP contribution is -2.45. The van der Waals surface area contributed by atoms with Crippen LogP contribution in [0, 0.1) is 6.07 Å². The molecule has 16 heavy (non-hydrogen) atoms. The average molecular weight is 219 g/mol. The Balaban J connectivity index is 1.65. The van der Waals surface area contributed by atoms with Crippen molar-refractivity contribution in [3.8, 4) is 5.75 Å². The van der Waals surface area contributed by atoms with Crippen molar-refractivity contribution in [1.82, 2.24) is 9.80 Å². The number of benzene rings is 1. The fourth-order valence-electron chi connectivity index (χ4n) is 1.83. The van der Waals surface area contributed by atoms with E-state index in [-0.39, 0.29) is 0 Å². The van der Waals surface area contributed by atoms with Crippen LogP contribution >= 0.6 is 0 Å². The van der Waals surface area contributed by atoms with Crippen LogP contribution in [0.4, 0.5) is 0 Å². The zero-order chi connectivity index (χ0) is 11.2. The van der Waals surface area contributed by atoms with E-state index in [0.29, 0.717) is 0 Å². The van der Waals surface area contributed by atoms with Gasteiger partial charge in [0.05, 0.1) is 0 Å². The van der Waals surface area contributed by atoms with Crippen molar-refractivity contribution in [2.45, 2.75) is 0 Å². The predicted molar refractivity (Wildman–Crippen MR) is 64.7 cm³/mol. The van der Waals surface area contributed by atoms with Crippen molar-refractivity contribution in [3.05, 3.63) is 30.3 Å². The summed E-state index contributed by atoms with van der Waals surface area (Å²) in [6.45, 7) is 6.44. The molecule has 3 heteroatoms. The van der Waals surface area contributed by atoms with Crippen molar-refractivity contribution in [2.75, 3.05) is 46.4 Å². The van der Waals surface area contributed by atoms with Crippen molar-refractivity contribution in [3.63, 3.8) is 0 Å². The van der Waals surface area contributed by atoms with Gasteiger partial charge in [0.15, 0.2) is 0 Å². The second kappa shape index (κ2) is 5.87. The lowest BCUT2D eigenvalue weighted by atomic mass is 10.3. The van der Waals surface area contributed by atoms with Crippen LogP contribution in [0.15, 0.2) is 24.3 Å². The molecule has 0 spiro atoms. The molecular weight excluding hydrogens is 200 g/mol. The summed E-state index contributed by atoms with van der Waals surface area (Å²) in [6, 6.07) is 10.6. The van der Waals surface area contributed by atoms with Crippen molar-refractivity contribution in [2.24, 2.45) is 0 Å². The van der Waals surface area contributed by atoms with Gasteiger partial charge >= 0.3 is 0 Å². The fraction of sp³-hybridized carbons (Fsp3) is 0.538. The van der Waals surface area contributed by atoms with Gasteiger partial charge < -0.3 is 9.64 Å². The number of likely N-dealkylation sites (N-methyl/N-ethyl adjacent to an activating group) is 1. The number of hydrogen-bond donors (Lipinski definition) is 0. The molecule has 1 saturated heterocycles. The summed E-state index contributed by atoms with van der Waals surface area (Å²) >= 11 is 0. The van der Waals surface area contributed by atoms with Gasteiger partial charge in [0.25, 0.3) is 0 Å². The van der Waals surface area contributed by atoms with E-state index in [1.165, 1.54) is 13.1 Å². The fourth-order valence-corrected chi connectivity index (χ4v) is 1.83. The second-order valence-electron chi connectivity index (χ2n) is 4.23. The first kappa shape index (κ1) is 11.4. The molecule has 0 N–H and O–H groups in total. The van der Waals surface area contributed by atoms with Crippen LogP contribution in [0.3, 0.4) is 0 Å². The topological polar surface area (TPSA) is 15.7 Å². The highest BCUT2D eigenvalue weighted by molar-refractivity contribution is 5.20. The maximum Gasteiger partial charge on any atom is 0.119 e. The van der Waals surface area contributed by atoms with Gasteiger partial charge in [-0.1, -0.05) is 12.1 Å². The molecule has 0 saturated carbocycles. The first-order valence-corrected chi connectivity index (χ1v) is 5.84. The van der Waals surface area contributed by atoms with Crippen LogP contribution < -0.4 is 4.74 Å². The summed E-state index contributed by atoms with van der Waals surface area (Å²) in [4.78, 5) is 4.82. The second-order valence-corrected chi connectivity index (χ2v) is 4.23. The van der Waals surface area contributed by atoms with Gasteiger partial charge in [-0.05, 0) is 25.2 Å². The summed E-state index contributed by atoms with van der Waals surface area (Å²) < 4.78 is 5.66. The number of ether oxygens (including phenoxy) is 1. The zero-order valence-electron chi connectivity index (χ0n) is 9.85. The molecule has 0 unspecified atom stereocenters. The van der Waals surface area contributed by atoms with Gasteiger partial charge in [0, 0.05) is 32.7 Å². The van der Waals surface area contributed by atoms with Gasteiger partial charge in [0.2, 0.25) is 0 Å². The van der Waals surface area contributed by atoms with E-state index in [0.717, 1.165) is 32.0 Å². The Labute approximate surface area is 97.6 Å². The van der Waals surface area contributed by atoms with Crippen LogP contribution in [-0.4, -0.2) is 56.2 Å². The van der Waals surface area contributed by atoms with E-state index in [9.17, 15) is 0 Å². The summed E-state index contributed by atoms with van der Waals surface area (Å²) in [5.41, 5.74) is 0. The van der Waals surface area contributed by atoms with Gasteiger partial charge in [-0.2, -0.15) is 0 Å². The van der Waals surface area contributed by atoms with Gasteiger partial charge in [-0.25, -0.2) is 0 Å². The molecule has 0 aromatic heterocycles. The monoisotopic (exact) mass is 219 g/mol. The van der Waals surface area contributed by atoms with Crippen LogP contribution in [-0.2, 0) is 0 Å². The lowest BCUT2D eigenvalue weighted by molar-refractivity contribution is 0.134. The standard InChI is InChI=1S/C13H19N2O/c1-14-7-9-15(10-8-14)11-12-16-13-5-3-2-4-6-13/h3-6H,7-12H2,1H3. The Hall–Kier alpha value is -1.06. The molecule has 0 amide bonds. The maximum atomic E-state index is 5.66. The largest absolute Gasteiger partial charge is 0.492 e. The highest BCUT2D eigenvalue weighted by Gasteiger charge is 2.12. The molecule has 0 aliphatic carbocycles. The molecular formula is C13H19N2O. The Bertz CT molecular complexity index is 294. The molecule has 2 rings (SSSR count). The molecule has 0 bridgehead atoms. The van der Waals surface area contributed by atoms with Crippen LogP contribution in [0.2, 0.25) is 0 Å². The summed E-state index contributed by atoms with van der Waals surface area (Å²) in [7, 11) is 2.17. The quantitative estimate of drug-likeness (QED) is 0.754. The number of rotatable bonds is 4. The average Bonchev–Trinajstić information content (AvgIpc) is 2.33. The van der Waals surface area contributed by atoms with Crippen molar-refractivity contribution >= 4 is 0 Å². The highest BCUT2D eigenvalue weighted by atomic mass is 16.5. The van der Waals surface area contributed by atoms with Crippen LogP contribution in [0.5, 0.6) is 5.75 Å². The Morgan fingerprint density at radius 1 is 1.19 bits per heavy atom. The smallest absolute Gasteiger partial charge is 0.119 e. The molecule has 0 atom stereocenters. The van der Waals surface area contributed by atoms with Gasteiger partial charge in [-0.3, -0.25) is 4.90 Å². The number of nitrogens with zero attached hydrogens (tertiary/aromatic N) is 2. The van der Waals surface area contributed by atoms with E-state index < -0.39 is 0 Å². The molecule has 87 valence electrons. The molecule has 1 aliphatic rings. The Morgan fingerprint density at radius 3 is 2.56 bits per heavy atom. The minimum Gasteiger partial charge on any atom is -0.492 e. The first-order valence-electron chi connectivity index (χ1n) is 5.84. The third kappa shape index (κ3) is 3.51.